The largest absolute Gasteiger partial charge is 0.497 e. The van der Waals surface area contributed by atoms with Crippen molar-refractivity contribution >= 4 is 39.8 Å². The second-order valence-electron chi connectivity index (χ2n) is 7.17. The predicted molar refractivity (Wildman–Crippen MR) is 122 cm³/mol. The van der Waals surface area contributed by atoms with E-state index in [0.29, 0.717) is 13.0 Å². The Morgan fingerprint density at radius 1 is 1.30 bits per heavy atom. The molecular formula is C19H32IN3O3S. The first-order valence-electron chi connectivity index (χ1n) is 9.15. The van der Waals surface area contributed by atoms with E-state index in [0.717, 1.165) is 31.1 Å². The minimum absolute atomic E-state index is 0. The maximum atomic E-state index is 11.3. The van der Waals surface area contributed by atoms with Gasteiger partial charge in [0.05, 0.1) is 19.4 Å². The molecule has 1 aromatic rings. The molecule has 2 rings (SSSR count). The Bertz CT molecular complexity index is 716. The Morgan fingerprint density at radius 2 is 1.93 bits per heavy atom. The zero-order valence-electron chi connectivity index (χ0n) is 16.6. The fraction of sp³-hybridized carbons (Fsp3) is 0.632. The van der Waals surface area contributed by atoms with Gasteiger partial charge in [0, 0.05) is 24.3 Å². The molecule has 0 aromatic heterocycles. The van der Waals surface area contributed by atoms with Crippen molar-refractivity contribution in [2.24, 2.45) is 4.99 Å². The molecule has 0 aliphatic heterocycles. The number of guanidine groups is 1. The van der Waals surface area contributed by atoms with E-state index in [1.165, 1.54) is 11.8 Å². The molecule has 0 amide bonds. The van der Waals surface area contributed by atoms with E-state index in [1.54, 1.807) is 7.11 Å². The van der Waals surface area contributed by atoms with Gasteiger partial charge < -0.3 is 15.4 Å². The van der Waals surface area contributed by atoms with Crippen molar-refractivity contribution in [3.63, 3.8) is 0 Å². The zero-order valence-corrected chi connectivity index (χ0v) is 19.8. The van der Waals surface area contributed by atoms with E-state index in [-0.39, 0.29) is 41.2 Å². The fourth-order valence-electron chi connectivity index (χ4n) is 2.88. The van der Waals surface area contributed by atoms with Gasteiger partial charge >= 0.3 is 0 Å². The molecule has 1 atom stereocenters. The molecule has 27 heavy (non-hydrogen) atoms. The number of benzene rings is 1. The standard InChI is InChI=1S/C19H31N3O3S.HI/c1-5-20-18(22-15(2)10-13-26(4,23)24)21-14-19(11-12-19)16-6-8-17(25-3)9-7-16;/h6-9,15H,5,10-14H2,1-4H3,(H2,20,21,22);1H. The minimum Gasteiger partial charge on any atom is -0.497 e. The lowest BCUT2D eigenvalue weighted by molar-refractivity contribution is 0.414. The maximum absolute atomic E-state index is 11.3. The summed E-state index contributed by atoms with van der Waals surface area (Å²) in [6, 6.07) is 8.28. The monoisotopic (exact) mass is 509 g/mol. The lowest BCUT2D eigenvalue weighted by Gasteiger charge is -2.19. The van der Waals surface area contributed by atoms with Gasteiger partial charge in [0.25, 0.3) is 0 Å². The summed E-state index contributed by atoms with van der Waals surface area (Å²) in [5, 5.41) is 6.57. The molecule has 1 aliphatic rings. The first-order valence-corrected chi connectivity index (χ1v) is 11.2. The first-order chi connectivity index (χ1) is 12.3. The van der Waals surface area contributed by atoms with E-state index in [2.05, 4.69) is 22.8 Å². The lowest BCUT2D eigenvalue weighted by Crippen LogP contribution is -2.43. The molecular weight excluding hydrogens is 477 g/mol. The number of aliphatic imine (C=N–C) groups is 1. The van der Waals surface area contributed by atoms with Crippen LogP contribution in [-0.2, 0) is 15.3 Å². The Hall–Kier alpha value is -1.03. The van der Waals surface area contributed by atoms with Gasteiger partial charge in [-0.1, -0.05) is 12.1 Å². The van der Waals surface area contributed by atoms with Crippen LogP contribution in [0.15, 0.2) is 29.3 Å². The minimum atomic E-state index is -2.95. The third-order valence-corrected chi connectivity index (χ3v) is 5.72. The van der Waals surface area contributed by atoms with Crippen molar-refractivity contribution in [2.45, 2.75) is 44.6 Å². The van der Waals surface area contributed by atoms with Crippen LogP contribution >= 0.6 is 24.0 Å². The lowest BCUT2D eigenvalue weighted by atomic mass is 9.96. The van der Waals surface area contributed by atoms with Crippen molar-refractivity contribution in [2.75, 3.05) is 32.2 Å². The molecule has 1 unspecified atom stereocenters. The van der Waals surface area contributed by atoms with Gasteiger partial charge in [-0.2, -0.15) is 0 Å². The maximum Gasteiger partial charge on any atom is 0.191 e. The topological polar surface area (TPSA) is 79.8 Å². The summed E-state index contributed by atoms with van der Waals surface area (Å²) in [6.07, 6.45) is 4.09. The quantitative estimate of drug-likeness (QED) is 0.304. The highest BCUT2D eigenvalue weighted by molar-refractivity contribution is 14.0. The number of methoxy groups -OCH3 is 1. The number of hydrogen-bond donors (Lipinski definition) is 2. The number of halogens is 1. The van der Waals surface area contributed by atoms with E-state index in [4.69, 9.17) is 9.73 Å². The molecule has 8 heteroatoms. The summed E-state index contributed by atoms with van der Waals surface area (Å²) in [4.78, 5) is 4.76. The Labute approximate surface area is 180 Å². The second kappa shape index (κ2) is 10.5. The van der Waals surface area contributed by atoms with E-state index in [9.17, 15) is 8.42 Å². The molecule has 2 N–H and O–H groups in total. The van der Waals surface area contributed by atoms with Crippen LogP contribution in [0.2, 0.25) is 0 Å². The summed E-state index contributed by atoms with van der Waals surface area (Å²) in [6.45, 7) is 5.48. The Balaban J connectivity index is 0.00000364. The molecule has 1 aromatic carbocycles. The molecule has 0 saturated heterocycles. The summed E-state index contributed by atoms with van der Waals surface area (Å²) >= 11 is 0. The van der Waals surface area contributed by atoms with Gasteiger partial charge in [-0.3, -0.25) is 4.99 Å². The van der Waals surface area contributed by atoms with Gasteiger partial charge in [0.1, 0.15) is 15.6 Å². The number of nitrogens with one attached hydrogen (secondary N) is 2. The summed E-state index contributed by atoms with van der Waals surface area (Å²) in [7, 11) is -1.27. The molecule has 154 valence electrons. The van der Waals surface area contributed by atoms with E-state index >= 15 is 0 Å². The van der Waals surface area contributed by atoms with Gasteiger partial charge in [0.2, 0.25) is 0 Å². The van der Waals surface area contributed by atoms with Crippen molar-refractivity contribution in [1.82, 2.24) is 10.6 Å². The van der Waals surface area contributed by atoms with Gasteiger partial charge in [-0.15, -0.1) is 24.0 Å². The number of nitrogens with zero attached hydrogens (tertiary/aromatic N) is 1. The number of sulfone groups is 1. The molecule has 1 saturated carbocycles. The van der Waals surface area contributed by atoms with Gasteiger partial charge in [-0.25, -0.2) is 8.42 Å². The predicted octanol–water partition coefficient (Wildman–Crippen LogP) is 2.72. The number of rotatable bonds is 9. The molecule has 0 heterocycles. The third-order valence-electron chi connectivity index (χ3n) is 4.74. The summed E-state index contributed by atoms with van der Waals surface area (Å²) < 4.78 is 27.9. The van der Waals surface area contributed by atoms with Gasteiger partial charge in [-0.05, 0) is 50.8 Å². The molecule has 6 nitrogen and oxygen atoms in total. The first kappa shape index (κ1) is 24.0. The van der Waals surface area contributed by atoms with Crippen molar-refractivity contribution in [1.29, 1.82) is 0 Å². The number of ether oxygens (including phenoxy) is 1. The molecule has 0 bridgehead atoms. The summed E-state index contributed by atoms with van der Waals surface area (Å²) in [5.41, 5.74) is 1.41. The second-order valence-corrected chi connectivity index (χ2v) is 9.43. The van der Waals surface area contributed by atoms with E-state index < -0.39 is 9.84 Å². The highest BCUT2D eigenvalue weighted by Crippen LogP contribution is 2.48. The van der Waals surface area contributed by atoms with Crippen LogP contribution in [0, 0.1) is 0 Å². The highest BCUT2D eigenvalue weighted by Gasteiger charge is 2.44. The van der Waals surface area contributed by atoms with Crippen LogP contribution in [0.4, 0.5) is 0 Å². The van der Waals surface area contributed by atoms with Crippen LogP contribution in [0.1, 0.15) is 38.7 Å². The van der Waals surface area contributed by atoms with Crippen molar-refractivity contribution < 1.29 is 13.2 Å². The van der Waals surface area contributed by atoms with Crippen molar-refractivity contribution in [3.8, 4) is 5.75 Å². The van der Waals surface area contributed by atoms with Crippen LogP contribution in [-0.4, -0.2) is 52.6 Å². The van der Waals surface area contributed by atoms with Gasteiger partial charge in [0.15, 0.2) is 5.96 Å². The molecule has 1 aliphatic carbocycles. The number of hydrogen-bond acceptors (Lipinski definition) is 4. The normalized spacial score (nSPS) is 16.8. The molecule has 0 spiro atoms. The van der Waals surface area contributed by atoms with E-state index in [1.807, 2.05) is 26.0 Å². The average molecular weight is 509 g/mol. The van der Waals surface area contributed by atoms with Crippen molar-refractivity contribution in [3.05, 3.63) is 29.8 Å². The zero-order chi connectivity index (χ0) is 19.2. The Morgan fingerprint density at radius 3 is 2.41 bits per heavy atom. The van der Waals surface area contributed by atoms with Crippen LogP contribution in [0.3, 0.4) is 0 Å². The Kier molecular flexibility index (Phi) is 9.33. The highest BCUT2D eigenvalue weighted by atomic mass is 127. The van der Waals surface area contributed by atoms with Crippen LogP contribution in [0.25, 0.3) is 0 Å². The SMILES string of the molecule is CCNC(=NCC1(c2ccc(OC)cc2)CC1)NC(C)CCS(C)(=O)=O.I. The summed E-state index contributed by atoms with van der Waals surface area (Å²) in [5.74, 6) is 1.78. The third kappa shape index (κ3) is 7.85. The fourth-order valence-corrected chi connectivity index (χ4v) is 3.66. The van der Waals surface area contributed by atoms with Crippen LogP contribution < -0.4 is 15.4 Å². The van der Waals surface area contributed by atoms with Crippen LogP contribution in [0.5, 0.6) is 5.75 Å². The molecule has 0 radical (unpaired) electrons. The average Bonchev–Trinajstić information content (AvgIpc) is 3.39. The smallest absolute Gasteiger partial charge is 0.191 e. The molecule has 1 fully saturated rings.